The molecule has 1 atom stereocenters. The molecule has 3 aromatic rings. The summed E-state index contributed by atoms with van der Waals surface area (Å²) in [7, 11) is 0. The maximum Gasteiger partial charge on any atom is 0.418 e. The van der Waals surface area contributed by atoms with Gasteiger partial charge >= 0.3 is 6.11 Å². The fourth-order valence-corrected chi connectivity index (χ4v) is 2.34. The van der Waals surface area contributed by atoms with Crippen LogP contribution in [0.4, 0.5) is 17.6 Å². The van der Waals surface area contributed by atoms with Crippen LogP contribution in [0.5, 0.6) is 5.88 Å². The predicted molar refractivity (Wildman–Crippen MR) is 90.2 cm³/mol. The van der Waals surface area contributed by atoms with E-state index in [2.05, 4.69) is 24.9 Å². The lowest BCUT2D eigenvalue weighted by atomic mass is 10.2. The number of pyridine rings is 1. The maximum atomic E-state index is 14.3. The van der Waals surface area contributed by atoms with E-state index >= 15 is 0 Å². The molecule has 0 unspecified atom stereocenters. The lowest BCUT2D eigenvalue weighted by molar-refractivity contribution is -0.272. The fourth-order valence-electron chi connectivity index (χ4n) is 2.34. The van der Waals surface area contributed by atoms with Gasteiger partial charge in [0.25, 0.3) is 6.43 Å². The molecule has 0 bridgehead atoms. The summed E-state index contributed by atoms with van der Waals surface area (Å²) in [4.78, 5) is 8.09. The number of hydrogen-bond donors (Lipinski definition) is 0. The van der Waals surface area contributed by atoms with Crippen LogP contribution >= 0.6 is 0 Å². The van der Waals surface area contributed by atoms with Crippen LogP contribution in [-0.2, 0) is 10.8 Å². The average Bonchev–Trinajstić information content (AvgIpc) is 3.05. The summed E-state index contributed by atoms with van der Waals surface area (Å²) in [6.07, 6.45) is -4.39. The first-order chi connectivity index (χ1) is 13.2. The van der Waals surface area contributed by atoms with Crippen LogP contribution in [0.3, 0.4) is 0 Å². The highest BCUT2D eigenvalue weighted by atomic mass is 19.3. The van der Waals surface area contributed by atoms with Crippen LogP contribution in [0, 0.1) is 0 Å². The van der Waals surface area contributed by atoms with Crippen molar-refractivity contribution in [3.63, 3.8) is 0 Å². The third-order valence-electron chi connectivity index (χ3n) is 3.63. The summed E-state index contributed by atoms with van der Waals surface area (Å²) < 4.78 is 64.4. The van der Waals surface area contributed by atoms with Crippen LogP contribution < -0.4 is 4.74 Å². The van der Waals surface area contributed by atoms with Gasteiger partial charge in [-0.05, 0) is 26.8 Å². The van der Waals surface area contributed by atoms with Gasteiger partial charge in [0.1, 0.15) is 0 Å². The van der Waals surface area contributed by atoms with Gasteiger partial charge in [0.15, 0.2) is 11.8 Å². The Morgan fingerprint density at radius 3 is 2.39 bits per heavy atom. The van der Waals surface area contributed by atoms with E-state index in [1.807, 2.05) is 0 Å². The molecular weight excluding hydrogens is 382 g/mol. The van der Waals surface area contributed by atoms with Crippen LogP contribution in [0.15, 0.2) is 30.7 Å². The summed E-state index contributed by atoms with van der Waals surface area (Å²) in [5, 5.41) is 7.18. The molecule has 3 rings (SSSR count). The second-order valence-corrected chi connectivity index (χ2v) is 6.25. The van der Waals surface area contributed by atoms with E-state index < -0.39 is 30.6 Å². The second kappa shape index (κ2) is 7.66. The molecule has 0 spiro atoms. The van der Waals surface area contributed by atoms with Crippen LogP contribution in [-0.4, -0.2) is 43.2 Å². The van der Waals surface area contributed by atoms with Crippen LogP contribution in [0.25, 0.3) is 16.9 Å². The van der Waals surface area contributed by atoms with E-state index in [1.165, 1.54) is 51.5 Å². The van der Waals surface area contributed by atoms with Gasteiger partial charge in [-0.25, -0.2) is 13.8 Å². The van der Waals surface area contributed by atoms with Crippen LogP contribution in [0.1, 0.15) is 26.6 Å². The van der Waals surface area contributed by atoms with Crippen molar-refractivity contribution < 1.29 is 27.0 Å². The normalized spacial score (nSPS) is 13.5. The Kier molecular flexibility index (Phi) is 5.45. The van der Waals surface area contributed by atoms with Crippen molar-refractivity contribution in [1.29, 1.82) is 0 Å². The number of aromatic nitrogens is 5. The van der Waals surface area contributed by atoms with Gasteiger partial charge in [0, 0.05) is 24.0 Å². The zero-order chi connectivity index (χ0) is 20.5. The number of hydrogen-bond acceptors (Lipinski definition) is 6. The van der Waals surface area contributed by atoms with Gasteiger partial charge in [0.05, 0.1) is 18.0 Å². The first kappa shape index (κ1) is 19.9. The SMILES string of the molecule is CC(C)OC(F)(F)c1nnc2cnc(-c3ccc(O[C@@H](C)C(F)F)nc3)cn12. The van der Waals surface area contributed by atoms with Crippen molar-refractivity contribution in [3.8, 4) is 17.1 Å². The molecule has 11 heteroatoms. The molecule has 0 saturated heterocycles. The first-order valence-corrected chi connectivity index (χ1v) is 8.35. The molecule has 7 nitrogen and oxygen atoms in total. The number of fused-ring (bicyclic) bond motifs is 1. The number of halogens is 4. The summed E-state index contributed by atoms with van der Waals surface area (Å²) in [6, 6.07) is 2.92. The van der Waals surface area contributed by atoms with E-state index in [0.717, 1.165) is 4.40 Å². The lowest BCUT2D eigenvalue weighted by Gasteiger charge is -2.17. The highest BCUT2D eigenvalue weighted by Gasteiger charge is 2.39. The van der Waals surface area contributed by atoms with Crippen molar-refractivity contribution in [2.45, 2.75) is 45.5 Å². The van der Waals surface area contributed by atoms with Crippen LogP contribution in [0.2, 0.25) is 0 Å². The third-order valence-corrected chi connectivity index (χ3v) is 3.63. The fraction of sp³-hybridized carbons (Fsp3) is 0.412. The lowest BCUT2D eigenvalue weighted by Crippen LogP contribution is -2.25. The van der Waals surface area contributed by atoms with Gasteiger partial charge in [-0.3, -0.25) is 9.38 Å². The van der Waals surface area contributed by atoms with Crippen molar-refractivity contribution in [1.82, 2.24) is 24.6 Å². The van der Waals surface area contributed by atoms with Crippen molar-refractivity contribution >= 4 is 5.65 Å². The quantitative estimate of drug-likeness (QED) is 0.564. The molecule has 0 N–H and O–H groups in total. The number of ether oxygens (including phenoxy) is 2. The number of rotatable bonds is 7. The van der Waals surface area contributed by atoms with Gasteiger partial charge in [-0.15, -0.1) is 10.2 Å². The highest BCUT2D eigenvalue weighted by Crippen LogP contribution is 2.30. The van der Waals surface area contributed by atoms with Crippen molar-refractivity contribution in [2.24, 2.45) is 0 Å². The molecule has 3 aromatic heterocycles. The molecule has 28 heavy (non-hydrogen) atoms. The summed E-state index contributed by atoms with van der Waals surface area (Å²) in [6.45, 7) is 4.19. The van der Waals surface area contributed by atoms with Gasteiger partial charge < -0.3 is 9.47 Å². The van der Waals surface area contributed by atoms with Gasteiger partial charge in [-0.1, -0.05) is 0 Å². The largest absolute Gasteiger partial charge is 0.469 e. The smallest absolute Gasteiger partial charge is 0.418 e. The van der Waals surface area contributed by atoms with E-state index in [-0.39, 0.29) is 11.5 Å². The monoisotopic (exact) mass is 399 g/mol. The average molecular weight is 399 g/mol. The highest BCUT2D eigenvalue weighted by molar-refractivity contribution is 5.59. The van der Waals surface area contributed by atoms with E-state index in [9.17, 15) is 17.6 Å². The summed E-state index contributed by atoms with van der Waals surface area (Å²) in [5.74, 6) is -0.669. The maximum absolute atomic E-state index is 14.3. The molecule has 0 radical (unpaired) electrons. The van der Waals surface area contributed by atoms with Gasteiger partial charge in [-0.2, -0.15) is 8.78 Å². The molecule has 150 valence electrons. The molecule has 0 aliphatic carbocycles. The summed E-state index contributed by atoms with van der Waals surface area (Å²) in [5.41, 5.74) is 0.881. The second-order valence-electron chi connectivity index (χ2n) is 6.25. The Morgan fingerprint density at radius 1 is 1.04 bits per heavy atom. The minimum absolute atomic E-state index is 0.0134. The molecule has 0 fully saturated rings. The predicted octanol–water partition coefficient (Wildman–Crippen LogP) is 3.69. The summed E-state index contributed by atoms with van der Waals surface area (Å²) >= 11 is 0. The van der Waals surface area contributed by atoms with Gasteiger partial charge in [0.2, 0.25) is 11.7 Å². The zero-order valence-electron chi connectivity index (χ0n) is 15.2. The Labute approximate surface area is 157 Å². The Balaban J connectivity index is 1.91. The first-order valence-electron chi connectivity index (χ1n) is 8.35. The molecule has 0 aromatic carbocycles. The molecule has 3 heterocycles. The Morgan fingerprint density at radius 2 is 1.79 bits per heavy atom. The van der Waals surface area contributed by atoms with E-state index in [4.69, 9.17) is 4.74 Å². The van der Waals surface area contributed by atoms with Crippen molar-refractivity contribution in [3.05, 3.63) is 36.5 Å². The topological polar surface area (TPSA) is 74.4 Å². The zero-order valence-corrected chi connectivity index (χ0v) is 15.2. The molecular formula is C17H17F4N5O2. The third kappa shape index (κ3) is 4.19. The number of alkyl halides is 4. The molecule has 0 saturated carbocycles. The minimum atomic E-state index is -3.65. The number of nitrogens with zero attached hydrogens (tertiary/aromatic N) is 5. The minimum Gasteiger partial charge on any atom is -0.469 e. The van der Waals surface area contributed by atoms with E-state index in [0.29, 0.717) is 11.3 Å². The Bertz CT molecular complexity index is 946. The standard InChI is InChI=1S/C17H17F4N5O2/c1-9(2)28-17(20,21)16-25-24-13-7-22-12(8-26(13)16)11-4-5-14(23-6-11)27-10(3)15(18)19/h4-10,15H,1-3H3/t10-/m0/s1. The molecule has 0 amide bonds. The van der Waals surface area contributed by atoms with E-state index in [1.54, 1.807) is 0 Å². The molecule has 0 aliphatic heterocycles. The van der Waals surface area contributed by atoms with Crippen molar-refractivity contribution in [2.75, 3.05) is 0 Å². The molecule has 0 aliphatic rings. The Hall–Kier alpha value is -2.82.